The van der Waals surface area contributed by atoms with Crippen LogP contribution in [-0.2, 0) is 12.8 Å². The highest BCUT2D eigenvalue weighted by Gasteiger charge is 2.27. The van der Waals surface area contributed by atoms with Crippen molar-refractivity contribution in [3.63, 3.8) is 0 Å². The summed E-state index contributed by atoms with van der Waals surface area (Å²) in [6.07, 6.45) is 7.41. The van der Waals surface area contributed by atoms with E-state index >= 15 is 0 Å². The summed E-state index contributed by atoms with van der Waals surface area (Å²) in [6.45, 7) is 7.00. The van der Waals surface area contributed by atoms with Gasteiger partial charge in [0.2, 0.25) is 0 Å². The van der Waals surface area contributed by atoms with E-state index in [1.807, 2.05) is 0 Å². The van der Waals surface area contributed by atoms with Crippen molar-refractivity contribution in [1.82, 2.24) is 19.7 Å². The molecule has 2 atom stereocenters. The zero-order chi connectivity index (χ0) is 12.5. The van der Waals surface area contributed by atoms with E-state index in [1.165, 1.54) is 50.4 Å². The van der Waals surface area contributed by atoms with Gasteiger partial charge < -0.3 is 9.47 Å². The monoisotopic (exact) mass is 248 g/mol. The van der Waals surface area contributed by atoms with Gasteiger partial charge >= 0.3 is 0 Å². The Morgan fingerprint density at radius 3 is 2.94 bits per heavy atom. The number of nitrogens with zero attached hydrogens (tertiary/aromatic N) is 4. The van der Waals surface area contributed by atoms with E-state index < -0.39 is 0 Å². The van der Waals surface area contributed by atoms with E-state index in [0.29, 0.717) is 12.1 Å². The molecule has 2 aliphatic rings. The van der Waals surface area contributed by atoms with Crippen LogP contribution in [0, 0.1) is 0 Å². The van der Waals surface area contributed by atoms with E-state index in [9.17, 15) is 0 Å². The standard InChI is InChI=1S/C14H24N4/c1-3-17-9-5-7-12(17)10-14-16-15-13-8-4-6-11(2)18(13)14/h11-12H,3-10H2,1-2H3. The second-order valence-electron chi connectivity index (χ2n) is 5.77. The van der Waals surface area contributed by atoms with Crippen LogP contribution in [0.25, 0.3) is 0 Å². The quantitative estimate of drug-likeness (QED) is 0.822. The van der Waals surface area contributed by atoms with Crippen LogP contribution in [0.4, 0.5) is 0 Å². The maximum absolute atomic E-state index is 4.47. The highest BCUT2D eigenvalue weighted by atomic mass is 15.3. The van der Waals surface area contributed by atoms with E-state index in [0.717, 1.165) is 12.8 Å². The second-order valence-corrected chi connectivity index (χ2v) is 5.77. The number of likely N-dealkylation sites (tertiary alicyclic amines) is 1. The molecular formula is C14H24N4. The summed E-state index contributed by atoms with van der Waals surface area (Å²) < 4.78 is 2.41. The van der Waals surface area contributed by atoms with Crippen molar-refractivity contribution in [3.05, 3.63) is 11.6 Å². The SMILES string of the molecule is CCN1CCCC1Cc1nnc2n1C(C)CCC2. The lowest BCUT2D eigenvalue weighted by Gasteiger charge is -2.26. The molecular weight excluding hydrogens is 224 g/mol. The van der Waals surface area contributed by atoms with Gasteiger partial charge in [-0.1, -0.05) is 6.92 Å². The summed E-state index contributed by atoms with van der Waals surface area (Å²) in [5.74, 6) is 2.44. The number of fused-ring (bicyclic) bond motifs is 1. The number of likely N-dealkylation sites (N-methyl/N-ethyl adjacent to an activating group) is 1. The van der Waals surface area contributed by atoms with Crippen LogP contribution < -0.4 is 0 Å². The van der Waals surface area contributed by atoms with Crippen LogP contribution in [0.5, 0.6) is 0 Å². The van der Waals surface area contributed by atoms with Crippen molar-refractivity contribution in [3.8, 4) is 0 Å². The Morgan fingerprint density at radius 2 is 2.11 bits per heavy atom. The molecule has 0 aliphatic carbocycles. The largest absolute Gasteiger partial charge is 0.312 e. The first-order chi connectivity index (χ1) is 8.79. The smallest absolute Gasteiger partial charge is 0.134 e. The topological polar surface area (TPSA) is 34.0 Å². The molecule has 1 aromatic heterocycles. The van der Waals surface area contributed by atoms with E-state index in [-0.39, 0.29) is 0 Å². The minimum absolute atomic E-state index is 0.593. The molecule has 100 valence electrons. The van der Waals surface area contributed by atoms with Gasteiger partial charge in [-0.15, -0.1) is 10.2 Å². The van der Waals surface area contributed by atoms with Crippen LogP contribution in [0.1, 0.15) is 57.2 Å². The van der Waals surface area contributed by atoms with Crippen LogP contribution >= 0.6 is 0 Å². The van der Waals surface area contributed by atoms with Gasteiger partial charge in [-0.2, -0.15) is 0 Å². The average molecular weight is 248 g/mol. The summed E-state index contributed by atoms with van der Waals surface area (Å²) in [5.41, 5.74) is 0. The van der Waals surface area contributed by atoms with Crippen LogP contribution in [-0.4, -0.2) is 38.8 Å². The summed E-state index contributed by atoms with van der Waals surface area (Å²) in [7, 11) is 0. The zero-order valence-corrected chi connectivity index (χ0v) is 11.6. The minimum Gasteiger partial charge on any atom is -0.312 e. The van der Waals surface area contributed by atoms with Gasteiger partial charge in [0.25, 0.3) is 0 Å². The third-order valence-corrected chi connectivity index (χ3v) is 4.62. The molecule has 18 heavy (non-hydrogen) atoms. The normalized spacial score (nSPS) is 28.6. The maximum atomic E-state index is 4.47. The van der Waals surface area contributed by atoms with Gasteiger partial charge in [0.1, 0.15) is 11.6 Å². The first-order valence-electron chi connectivity index (χ1n) is 7.46. The predicted octanol–water partition coefficient (Wildman–Crippen LogP) is 2.20. The lowest BCUT2D eigenvalue weighted by atomic mass is 10.0. The molecule has 3 rings (SSSR count). The molecule has 2 aliphatic heterocycles. The van der Waals surface area contributed by atoms with E-state index in [2.05, 4.69) is 33.5 Å². The molecule has 0 amide bonds. The molecule has 1 saturated heterocycles. The lowest BCUT2D eigenvalue weighted by Crippen LogP contribution is -2.32. The van der Waals surface area contributed by atoms with Crippen molar-refractivity contribution in [2.75, 3.05) is 13.1 Å². The Balaban J connectivity index is 1.79. The number of aryl methyl sites for hydroxylation is 1. The van der Waals surface area contributed by atoms with Gasteiger partial charge in [0.05, 0.1) is 0 Å². The van der Waals surface area contributed by atoms with Crippen molar-refractivity contribution in [1.29, 1.82) is 0 Å². The van der Waals surface area contributed by atoms with E-state index in [1.54, 1.807) is 0 Å². The van der Waals surface area contributed by atoms with Crippen molar-refractivity contribution in [2.45, 2.75) is 64.5 Å². The molecule has 1 aromatic rings. The number of hydrogen-bond donors (Lipinski definition) is 0. The van der Waals surface area contributed by atoms with Crippen molar-refractivity contribution in [2.24, 2.45) is 0 Å². The molecule has 4 nitrogen and oxygen atoms in total. The zero-order valence-electron chi connectivity index (χ0n) is 11.6. The van der Waals surface area contributed by atoms with E-state index in [4.69, 9.17) is 0 Å². The molecule has 2 unspecified atom stereocenters. The average Bonchev–Trinajstić information content (AvgIpc) is 2.97. The third kappa shape index (κ3) is 2.07. The molecule has 0 N–H and O–H groups in total. The lowest BCUT2D eigenvalue weighted by molar-refractivity contribution is 0.259. The number of rotatable bonds is 3. The summed E-state index contributed by atoms with van der Waals surface area (Å²) >= 11 is 0. The van der Waals surface area contributed by atoms with Crippen LogP contribution in [0.2, 0.25) is 0 Å². The maximum Gasteiger partial charge on any atom is 0.134 e. The molecule has 0 bridgehead atoms. The Hall–Kier alpha value is -0.900. The van der Waals surface area contributed by atoms with Gasteiger partial charge in [-0.05, 0) is 45.7 Å². The molecule has 1 fully saturated rings. The van der Waals surface area contributed by atoms with Crippen LogP contribution in [0.15, 0.2) is 0 Å². The first-order valence-corrected chi connectivity index (χ1v) is 7.46. The van der Waals surface area contributed by atoms with Gasteiger partial charge in [-0.3, -0.25) is 0 Å². The van der Waals surface area contributed by atoms with Gasteiger partial charge in [-0.25, -0.2) is 0 Å². The predicted molar refractivity (Wildman–Crippen MR) is 71.6 cm³/mol. The number of aromatic nitrogens is 3. The Kier molecular flexibility index (Phi) is 3.37. The Bertz CT molecular complexity index is 412. The number of hydrogen-bond acceptors (Lipinski definition) is 3. The Morgan fingerprint density at radius 1 is 1.22 bits per heavy atom. The molecule has 4 heteroatoms. The molecule has 3 heterocycles. The highest BCUT2D eigenvalue weighted by Crippen LogP contribution is 2.27. The minimum atomic E-state index is 0.593. The molecule has 0 spiro atoms. The van der Waals surface area contributed by atoms with Crippen molar-refractivity contribution >= 4 is 0 Å². The summed E-state index contributed by atoms with van der Waals surface area (Å²) in [5, 5.41) is 8.86. The second kappa shape index (κ2) is 5.00. The molecule has 0 aromatic carbocycles. The van der Waals surface area contributed by atoms with Crippen LogP contribution in [0.3, 0.4) is 0 Å². The summed E-state index contributed by atoms with van der Waals surface area (Å²) in [4.78, 5) is 2.59. The highest BCUT2D eigenvalue weighted by molar-refractivity contribution is 5.04. The molecule has 0 saturated carbocycles. The van der Waals surface area contributed by atoms with Gasteiger partial charge in [0, 0.05) is 24.9 Å². The van der Waals surface area contributed by atoms with Gasteiger partial charge in [0.15, 0.2) is 0 Å². The fraction of sp³-hybridized carbons (Fsp3) is 0.857. The fourth-order valence-corrected chi connectivity index (χ4v) is 3.62. The fourth-order valence-electron chi connectivity index (χ4n) is 3.62. The Labute approximate surface area is 109 Å². The third-order valence-electron chi connectivity index (χ3n) is 4.62. The summed E-state index contributed by atoms with van der Waals surface area (Å²) in [6, 6.07) is 1.28. The molecule has 0 radical (unpaired) electrons. The van der Waals surface area contributed by atoms with Crippen molar-refractivity contribution < 1.29 is 0 Å². The first kappa shape index (κ1) is 12.2.